The number of fused-ring (bicyclic) bond motifs is 3. The lowest BCUT2D eigenvalue weighted by atomic mass is 10.2. The summed E-state index contributed by atoms with van der Waals surface area (Å²) in [5.74, 6) is 1.23. The van der Waals surface area contributed by atoms with Gasteiger partial charge in [-0.15, -0.1) is 0 Å². The van der Waals surface area contributed by atoms with Crippen LogP contribution in [0.3, 0.4) is 0 Å². The van der Waals surface area contributed by atoms with E-state index in [0.717, 1.165) is 22.3 Å². The van der Waals surface area contributed by atoms with Gasteiger partial charge in [0.05, 0.1) is 32.2 Å². The van der Waals surface area contributed by atoms with Gasteiger partial charge in [0.15, 0.2) is 28.6 Å². The molecular weight excluding hydrogens is 600 g/mol. The summed E-state index contributed by atoms with van der Waals surface area (Å²) in [5, 5.41) is 0. The van der Waals surface area contributed by atoms with Gasteiger partial charge in [0.1, 0.15) is 46.9 Å². The molecule has 12 heteroatoms. The Morgan fingerprint density at radius 3 is 1.67 bits per heavy atom. The SMILES string of the molecule is c1ccc(Cn2cnc3c(-c4nc5c(-c6nc7cncnc7n6Cc6ccccc6)ncnc5n4Cc4ccccc4)ncnc32)cc1. The fourth-order valence-electron chi connectivity index (χ4n) is 6.11. The molecule has 12 nitrogen and oxygen atoms in total. The summed E-state index contributed by atoms with van der Waals surface area (Å²) < 4.78 is 6.15. The lowest BCUT2D eigenvalue weighted by molar-refractivity contribution is 0.811. The Hall–Kier alpha value is -6.69. The molecule has 3 aromatic carbocycles. The van der Waals surface area contributed by atoms with Crippen molar-refractivity contribution in [3.8, 4) is 23.0 Å². The second kappa shape index (κ2) is 11.6. The lowest BCUT2D eigenvalue weighted by Crippen LogP contribution is -2.06. The van der Waals surface area contributed by atoms with Gasteiger partial charge in [-0.05, 0) is 16.7 Å². The smallest absolute Gasteiger partial charge is 0.164 e. The zero-order valence-electron chi connectivity index (χ0n) is 25.5. The van der Waals surface area contributed by atoms with E-state index < -0.39 is 0 Å². The van der Waals surface area contributed by atoms with Crippen molar-refractivity contribution in [3.63, 3.8) is 0 Å². The van der Waals surface area contributed by atoms with E-state index in [-0.39, 0.29) is 0 Å². The molecule has 9 aromatic rings. The van der Waals surface area contributed by atoms with Crippen molar-refractivity contribution >= 4 is 33.5 Å². The summed E-state index contributed by atoms with van der Waals surface area (Å²) in [4.78, 5) is 42.7. The fraction of sp³-hybridized carbons (Fsp3) is 0.0833. The number of hydrogen-bond donors (Lipinski definition) is 0. The molecule has 0 spiro atoms. The maximum Gasteiger partial charge on any atom is 0.164 e. The molecule has 6 aromatic heterocycles. The number of benzene rings is 3. The molecule has 0 fully saturated rings. The molecule has 0 aliphatic rings. The first-order chi connectivity index (χ1) is 23.8. The maximum absolute atomic E-state index is 5.23. The van der Waals surface area contributed by atoms with Crippen LogP contribution in [0.1, 0.15) is 16.7 Å². The largest absolute Gasteiger partial charge is 0.311 e. The monoisotopic (exact) mass is 626 g/mol. The molecule has 0 amide bonds. The van der Waals surface area contributed by atoms with Crippen LogP contribution in [-0.2, 0) is 19.6 Å². The van der Waals surface area contributed by atoms with E-state index >= 15 is 0 Å². The fourth-order valence-corrected chi connectivity index (χ4v) is 6.11. The third-order valence-electron chi connectivity index (χ3n) is 8.33. The molecule has 0 aliphatic carbocycles. The molecule has 0 aliphatic heterocycles. The van der Waals surface area contributed by atoms with E-state index in [1.54, 1.807) is 25.2 Å². The lowest BCUT2D eigenvalue weighted by Gasteiger charge is -2.10. The van der Waals surface area contributed by atoms with E-state index in [9.17, 15) is 0 Å². The van der Waals surface area contributed by atoms with Crippen LogP contribution in [0.5, 0.6) is 0 Å². The van der Waals surface area contributed by atoms with Crippen molar-refractivity contribution in [2.45, 2.75) is 19.6 Å². The van der Waals surface area contributed by atoms with Crippen LogP contribution in [0.25, 0.3) is 56.5 Å². The van der Waals surface area contributed by atoms with Gasteiger partial charge in [-0.2, -0.15) is 0 Å². The first-order valence-corrected chi connectivity index (χ1v) is 15.5. The molecule has 0 bridgehead atoms. The standard InChI is InChI=1S/C36H26N12/c1-4-10-24(11-5-1)17-46-23-43-28-29(38-21-41-33(28)46)36-45-31-30(39-22-42-34(31)48(36)19-26-14-8-3-9-15-26)35-44-27-16-37-20-40-32(27)47(35)18-25-12-6-2-7-13-25/h1-16,20-23H,17-19H2. The van der Waals surface area contributed by atoms with Crippen molar-refractivity contribution in [1.82, 2.24) is 58.6 Å². The molecule has 48 heavy (non-hydrogen) atoms. The van der Waals surface area contributed by atoms with Gasteiger partial charge in [0.2, 0.25) is 0 Å². The molecule has 230 valence electrons. The molecule has 6 heterocycles. The third kappa shape index (κ3) is 4.83. The Bertz CT molecular complexity index is 2540. The van der Waals surface area contributed by atoms with Crippen LogP contribution in [0.2, 0.25) is 0 Å². The third-order valence-corrected chi connectivity index (χ3v) is 8.33. The highest BCUT2D eigenvalue weighted by Crippen LogP contribution is 2.33. The van der Waals surface area contributed by atoms with Crippen LogP contribution >= 0.6 is 0 Å². The highest BCUT2D eigenvalue weighted by atomic mass is 15.2. The van der Waals surface area contributed by atoms with E-state index in [2.05, 4.69) is 60.5 Å². The number of rotatable bonds is 8. The topological polar surface area (TPSA) is 131 Å². The van der Waals surface area contributed by atoms with Gasteiger partial charge in [0, 0.05) is 0 Å². The zero-order valence-corrected chi connectivity index (χ0v) is 25.5. The van der Waals surface area contributed by atoms with Crippen LogP contribution in [0, 0.1) is 0 Å². The number of imidazole rings is 3. The normalized spacial score (nSPS) is 11.6. The minimum Gasteiger partial charge on any atom is -0.311 e. The summed E-state index contributed by atoms with van der Waals surface area (Å²) >= 11 is 0. The molecule has 0 N–H and O–H groups in total. The molecular formula is C36H26N12. The summed E-state index contributed by atoms with van der Waals surface area (Å²) in [5.41, 5.74) is 8.53. The van der Waals surface area contributed by atoms with Gasteiger partial charge in [-0.1, -0.05) is 91.0 Å². The highest BCUT2D eigenvalue weighted by molar-refractivity contribution is 5.93. The molecule has 0 atom stereocenters. The Balaban J connectivity index is 1.25. The van der Waals surface area contributed by atoms with Crippen LogP contribution in [0.4, 0.5) is 0 Å². The number of nitrogens with zero attached hydrogens (tertiary/aromatic N) is 12. The molecule has 0 saturated heterocycles. The first-order valence-electron chi connectivity index (χ1n) is 15.5. The predicted octanol–water partition coefficient (Wildman–Crippen LogP) is 5.58. The minimum atomic E-state index is 0.505. The maximum atomic E-state index is 5.23. The summed E-state index contributed by atoms with van der Waals surface area (Å²) in [6, 6.07) is 30.7. The van der Waals surface area contributed by atoms with Crippen molar-refractivity contribution in [2.75, 3.05) is 0 Å². The molecule has 0 saturated carbocycles. The summed E-state index contributed by atoms with van der Waals surface area (Å²) in [6.45, 7) is 1.67. The molecule has 9 rings (SSSR count). The Labute approximate surface area is 273 Å². The van der Waals surface area contributed by atoms with Gasteiger partial charge >= 0.3 is 0 Å². The second-order valence-corrected chi connectivity index (χ2v) is 11.4. The first kappa shape index (κ1) is 27.6. The van der Waals surface area contributed by atoms with Crippen molar-refractivity contribution < 1.29 is 0 Å². The van der Waals surface area contributed by atoms with Gasteiger partial charge in [-0.3, -0.25) is 0 Å². The Kier molecular flexibility index (Phi) is 6.67. The average molecular weight is 627 g/mol. The van der Waals surface area contributed by atoms with Crippen molar-refractivity contribution in [1.29, 1.82) is 0 Å². The summed E-state index contributed by atoms with van der Waals surface area (Å²) in [6.07, 6.45) is 8.19. The number of hydrogen-bond acceptors (Lipinski definition) is 9. The van der Waals surface area contributed by atoms with E-state index in [4.69, 9.17) is 29.9 Å². The second-order valence-electron chi connectivity index (χ2n) is 11.4. The van der Waals surface area contributed by atoms with E-state index in [0.29, 0.717) is 70.5 Å². The minimum absolute atomic E-state index is 0.505. The summed E-state index contributed by atoms with van der Waals surface area (Å²) in [7, 11) is 0. The van der Waals surface area contributed by atoms with Crippen molar-refractivity contribution in [2.24, 2.45) is 0 Å². The number of aromatic nitrogens is 12. The van der Waals surface area contributed by atoms with Gasteiger partial charge in [0.25, 0.3) is 0 Å². The molecule has 0 radical (unpaired) electrons. The predicted molar refractivity (Wildman–Crippen MR) is 181 cm³/mol. The van der Waals surface area contributed by atoms with Gasteiger partial charge < -0.3 is 13.7 Å². The van der Waals surface area contributed by atoms with Crippen LogP contribution < -0.4 is 0 Å². The van der Waals surface area contributed by atoms with Crippen LogP contribution in [-0.4, -0.2) is 58.6 Å². The van der Waals surface area contributed by atoms with Crippen LogP contribution in [0.15, 0.2) is 123 Å². The highest BCUT2D eigenvalue weighted by Gasteiger charge is 2.25. The van der Waals surface area contributed by atoms with E-state index in [1.165, 1.54) is 6.33 Å². The zero-order chi connectivity index (χ0) is 31.9. The average Bonchev–Trinajstić information content (AvgIpc) is 3.83. The quantitative estimate of drug-likeness (QED) is 0.212. The Morgan fingerprint density at radius 2 is 1.00 bits per heavy atom. The Morgan fingerprint density at radius 1 is 0.458 bits per heavy atom. The van der Waals surface area contributed by atoms with Gasteiger partial charge in [-0.25, -0.2) is 44.9 Å². The van der Waals surface area contributed by atoms with E-state index in [1.807, 2.05) is 59.2 Å². The van der Waals surface area contributed by atoms with Crippen molar-refractivity contribution in [3.05, 3.63) is 139 Å². The molecule has 0 unspecified atom stereocenters.